The predicted molar refractivity (Wildman–Crippen MR) is 52.0 cm³/mol. The van der Waals surface area contributed by atoms with Crippen LogP contribution in [0.1, 0.15) is 17.3 Å². The van der Waals surface area contributed by atoms with Crippen LogP contribution in [-0.4, -0.2) is 27.5 Å². The van der Waals surface area contributed by atoms with Gasteiger partial charge in [0.25, 0.3) is 0 Å². The van der Waals surface area contributed by atoms with E-state index >= 15 is 0 Å². The summed E-state index contributed by atoms with van der Waals surface area (Å²) in [5.74, 6) is -1.04. The lowest BCUT2D eigenvalue weighted by Crippen LogP contribution is -2.06. The first-order valence-corrected chi connectivity index (χ1v) is 4.17. The van der Waals surface area contributed by atoms with E-state index in [0.717, 1.165) is 12.3 Å². The lowest BCUT2D eigenvalue weighted by molar-refractivity contribution is -0.385. The van der Waals surface area contributed by atoms with E-state index in [4.69, 9.17) is 5.11 Å². The lowest BCUT2D eigenvalue weighted by Gasteiger charge is -2.03. The zero-order chi connectivity index (χ0) is 11.4. The Labute approximate surface area is 84.9 Å². The molecular weight excluding hydrogens is 202 g/mol. The normalized spacial score (nSPS) is 9.67. The van der Waals surface area contributed by atoms with E-state index in [9.17, 15) is 14.9 Å². The van der Waals surface area contributed by atoms with E-state index < -0.39 is 16.6 Å². The summed E-state index contributed by atoms with van der Waals surface area (Å²) >= 11 is 0. The topological polar surface area (TPSA) is 105 Å². The molecule has 0 fully saturated rings. The smallest absolute Gasteiger partial charge is 0.342 e. The molecule has 7 nitrogen and oxygen atoms in total. The van der Waals surface area contributed by atoms with Crippen molar-refractivity contribution in [2.75, 3.05) is 11.9 Å². The van der Waals surface area contributed by atoms with Crippen LogP contribution in [-0.2, 0) is 0 Å². The first-order valence-electron chi connectivity index (χ1n) is 4.17. The Morgan fingerprint density at radius 3 is 2.87 bits per heavy atom. The molecule has 7 heteroatoms. The van der Waals surface area contributed by atoms with Crippen molar-refractivity contribution in [3.8, 4) is 0 Å². The van der Waals surface area contributed by atoms with Crippen molar-refractivity contribution in [1.82, 2.24) is 4.98 Å². The van der Waals surface area contributed by atoms with Crippen molar-refractivity contribution >= 4 is 17.5 Å². The number of rotatable bonds is 4. The summed E-state index contributed by atoms with van der Waals surface area (Å²) in [4.78, 5) is 24.1. The molecule has 15 heavy (non-hydrogen) atoms. The summed E-state index contributed by atoms with van der Waals surface area (Å²) in [5.41, 5.74) is -0.880. The molecule has 1 aromatic heterocycles. The third-order valence-corrected chi connectivity index (χ3v) is 1.67. The molecule has 0 spiro atoms. The lowest BCUT2D eigenvalue weighted by atomic mass is 10.2. The van der Waals surface area contributed by atoms with Crippen LogP contribution in [0.15, 0.2) is 12.3 Å². The quantitative estimate of drug-likeness (QED) is 0.571. The monoisotopic (exact) mass is 211 g/mol. The van der Waals surface area contributed by atoms with Gasteiger partial charge in [0.15, 0.2) is 0 Å². The fraction of sp³-hybridized carbons (Fsp3) is 0.250. The minimum atomic E-state index is -1.34. The van der Waals surface area contributed by atoms with Gasteiger partial charge in [-0.1, -0.05) is 0 Å². The minimum absolute atomic E-state index is 0.306. The Hall–Kier alpha value is -2.18. The van der Waals surface area contributed by atoms with Crippen molar-refractivity contribution in [3.63, 3.8) is 0 Å². The predicted octanol–water partition coefficient (Wildman–Crippen LogP) is 1.12. The van der Waals surface area contributed by atoms with Gasteiger partial charge in [-0.2, -0.15) is 0 Å². The van der Waals surface area contributed by atoms with E-state index in [2.05, 4.69) is 10.3 Å². The number of aromatic carboxylic acids is 1. The number of carboxylic acid groups (broad SMARTS) is 1. The average molecular weight is 211 g/mol. The van der Waals surface area contributed by atoms with E-state index in [1.807, 2.05) is 6.92 Å². The summed E-state index contributed by atoms with van der Waals surface area (Å²) in [6.45, 7) is 2.37. The van der Waals surface area contributed by atoms with Crippen molar-refractivity contribution in [3.05, 3.63) is 27.9 Å². The van der Waals surface area contributed by atoms with Crippen molar-refractivity contribution in [1.29, 1.82) is 0 Å². The molecule has 0 atom stereocenters. The number of anilines is 1. The highest BCUT2D eigenvalue weighted by Gasteiger charge is 2.20. The van der Waals surface area contributed by atoms with Gasteiger partial charge in [-0.15, -0.1) is 0 Å². The Morgan fingerprint density at radius 2 is 2.40 bits per heavy atom. The molecule has 0 bridgehead atoms. The fourth-order valence-electron chi connectivity index (χ4n) is 1.04. The number of nitrogens with one attached hydrogen (secondary N) is 1. The van der Waals surface area contributed by atoms with Gasteiger partial charge in [-0.05, 0) is 6.92 Å². The molecule has 0 aliphatic carbocycles. The van der Waals surface area contributed by atoms with Crippen molar-refractivity contribution in [2.45, 2.75) is 6.92 Å². The molecule has 0 aromatic carbocycles. The minimum Gasteiger partial charge on any atom is -0.477 e. The van der Waals surface area contributed by atoms with Gasteiger partial charge < -0.3 is 10.4 Å². The molecule has 0 unspecified atom stereocenters. The highest BCUT2D eigenvalue weighted by Crippen LogP contribution is 2.19. The molecule has 0 saturated carbocycles. The maximum absolute atomic E-state index is 10.7. The van der Waals surface area contributed by atoms with Gasteiger partial charge in [0.2, 0.25) is 0 Å². The number of nitro groups is 1. The second-order valence-electron chi connectivity index (χ2n) is 2.68. The van der Waals surface area contributed by atoms with E-state index in [-0.39, 0.29) is 5.56 Å². The number of pyridine rings is 1. The van der Waals surface area contributed by atoms with E-state index in [1.165, 1.54) is 0 Å². The van der Waals surface area contributed by atoms with Crippen LogP contribution in [0.2, 0.25) is 0 Å². The molecule has 0 aliphatic heterocycles. The van der Waals surface area contributed by atoms with E-state index in [1.54, 1.807) is 0 Å². The van der Waals surface area contributed by atoms with Crippen LogP contribution in [0.5, 0.6) is 0 Å². The van der Waals surface area contributed by atoms with Crippen molar-refractivity contribution in [2.24, 2.45) is 0 Å². The van der Waals surface area contributed by atoms with Gasteiger partial charge in [-0.25, -0.2) is 9.78 Å². The van der Waals surface area contributed by atoms with E-state index in [0.29, 0.717) is 12.4 Å². The molecule has 1 heterocycles. The number of carbonyl (C=O) groups is 1. The molecule has 2 N–H and O–H groups in total. The summed E-state index contributed by atoms with van der Waals surface area (Å²) in [6, 6.07) is 1.14. The van der Waals surface area contributed by atoms with Crippen LogP contribution < -0.4 is 5.32 Å². The molecule has 0 radical (unpaired) electrons. The first kappa shape index (κ1) is 10.9. The van der Waals surface area contributed by atoms with Crippen LogP contribution in [0.25, 0.3) is 0 Å². The summed E-state index contributed by atoms with van der Waals surface area (Å²) in [5, 5.41) is 22.0. The second-order valence-corrected chi connectivity index (χ2v) is 2.68. The first-order chi connectivity index (χ1) is 7.06. The number of nitrogens with zero attached hydrogens (tertiary/aromatic N) is 2. The van der Waals surface area contributed by atoms with Gasteiger partial charge in [0, 0.05) is 12.6 Å². The van der Waals surface area contributed by atoms with Crippen LogP contribution in [0, 0.1) is 10.1 Å². The number of aromatic nitrogens is 1. The highest BCUT2D eigenvalue weighted by atomic mass is 16.6. The standard InChI is InChI=1S/C8H9N3O4/c1-2-9-7-3-5(8(12)13)6(4-10-7)11(14)15/h3-4H,2H2,1H3,(H,9,10)(H,12,13). The second kappa shape index (κ2) is 4.36. The molecule has 0 aliphatic rings. The fourth-order valence-corrected chi connectivity index (χ4v) is 1.04. The number of hydrogen-bond acceptors (Lipinski definition) is 5. The maximum atomic E-state index is 10.7. The number of carboxylic acids is 1. The van der Waals surface area contributed by atoms with Crippen molar-refractivity contribution < 1.29 is 14.8 Å². The SMILES string of the molecule is CCNc1cc(C(=O)O)c([N+](=O)[O-])cn1. The van der Waals surface area contributed by atoms with Crippen LogP contribution >= 0.6 is 0 Å². The summed E-state index contributed by atoms with van der Waals surface area (Å²) in [6.07, 6.45) is 0.932. The zero-order valence-corrected chi connectivity index (χ0v) is 7.93. The summed E-state index contributed by atoms with van der Waals surface area (Å²) in [7, 11) is 0. The molecular formula is C8H9N3O4. The molecule has 1 aromatic rings. The molecule has 0 amide bonds. The molecule has 1 rings (SSSR count). The van der Waals surface area contributed by atoms with Gasteiger partial charge >= 0.3 is 11.7 Å². The Balaban J connectivity index is 3.21. The van der Waals surface area contributed by atoms with Crippen LogP contribution in [0.3, 0.4) is 0 Å². The van der Waals surface area contributed by atoms with Gasteiger partial charge in [0.05, 0.1) is 4.92 Å². The molecule has 80 valence electrons. The largest absolute Gasteiger partial charge is 0.477 e. The van der Waals surface area contributed by atoms with Gasteiger partial charge in [0.1, 0.15) is 17.6 Å². The van der Waals surface area contributed by atoms with Gasteiger partial charge in [-0.3, -0.25) is 10.1 Å². The average Bonchev–Trinajstić information content (AvgIpc) is 2.17. The number of hydrogen-bond donors (Lipinski definition) is 2. The third-order valence-electron chi connectivity index (χ3n) is 1.67. The third kappa shape index (κ3) is 2.39. The van der Waals surface area contributed by atoms with Crippen LogP contribution in [0.4, 0.5) is 11.5 Å². The summed E-state index contributed by atoms with van der Waals surface area (Å²) < 4.78 is 0. The molecule has 0 saturated heterocycles. The maximum Gasteiger partial charge on any atom is 0.342 e. The Kier molecular flexibility index (Phi) is 3.17. The Morgan fingerprint density at radius 1 is 1.73 bits per heavy atom. The Bertz CT molecular complexity index is 405. The highest BCUT2D eigenvalue weighted by molar-refractivity contribution is 5.93. The zero-order valence-electron chi connectivity index (χ0n) is 7.93.